The Labute approximate surface area is 104 Å². The van der Waals surface area contributed by atoms with Gasteiger partial charge in [-0.1, -0.05) is 0 Å². The van der Waals surface area contributed by atoms with Crippen molar-refractivity contribution >= 4 is 17.8 Å². The summed E-state index contributed by atoms with van der Waals surface area (Å²) in [6.07, 6.45) is -0.617. The van der Waals surface area contributed by atoms with Crippen molar-refractivity contribution in [1.29, 1.82) is 0 Å². The lowest BCUT2D eigenvalue weighted by molar-refractivity contribution is -0.140. The Balaban J connectivity index is 2.93. The van der Waals surface area contributed by atoms with E-state index in [-0.39, 0.29) is 0 Å². The predicted molar refractivity (Wildman–Crippen MR) is 60.4 cm³/mol. The molecule has 0 radical (unpaired) electrons. The van der Waals surface area contributed by atoms with Gasteiger partial charge in [-0.25, -0.2) is 9.59 Å². The molecule has 0 saturated heterocycles. The molecule has 1 atom stereocenters. The van der Waals surface area contributed by atoms with Gasteiger partial charge in [0.25, 0.3) is 11.5 Å². The number of aromatic nitrogens is 2. The average molecular weight is 270 g/mol. The van der Waals surface area contributed by atoms with Crippen LogP contribution < -0.4 is 22.3 Å². The van der Waals surface area contributed by atoms with Gasteiger partial charge in [-0.2, -0.15) is 0 Å². The molecule has 10 heteroatoms. The first kappa shape index (κ1) is 14.2. The molecule has 6 N–H and O–H groups in total. The van der Waals surface area contributed by atoms with Crippen molar-refractivity contribution in [2.75, 3.05) is 0 Å². The number of carbonyl (C=O) groups is 3. The molecule has 1 heterocycles. The van der Waals surface area contributed by atoms with Crippen molar-refractivity contribution in [2.45, 2.75) is 12.5 Å². The standard InChI is InChI=1S/C9H10N4O6/c10-5(14)1-4(8(17)18)11-7(16)3-2-6(15)13-9(19)12-3/h2,4H,1H2,(H2,10,14)(H,11,16)(H,17,18)(H2,12,13,15,19). The number of primary amides is 1. The summed E-state index contributed by atoms with van der Waals surface area (Å²) in [5, 5.41) is 10.7. The van der Waals surface area contributed by atoms with E-state index < -0.39 is 47.2 Å². The summed E-state index contributed by atoms with van der Waals surface area (Å²) in [6.45, 7) is 0. The molecule has 0 bridgehead atoms. The topological polar surface area (TPSA) is 175 Å². The lowest BCUT2D eigenvalue weighted by Crippen LogP contribution is -2.44. The van der Waals surface area contributed by atoms with Gasteiger partial charge in [-0.3, -0.25) is 19.4 Å². The third kappa shape index (κ3) is 4.11. The molecule has 0 fully saturated rings. The molecule has 102 valence electrons. The Morgan fingerprint density at radius 1 is 1.32 bits per heavy atom. The first-order valence-corrected chi connectivity index (χ1v) is 4.95. The SMILES string of the molecule is NC(=O)CC(NC(=O)c1cc(=O)[nH]c(=O)[nH]1)C(=O)O. The second-order valence-corrected chi connectivity index (χ2v) is 3.54. The Bertz CT molecular complexity index is 602. The lowest BCUT2D eigenvalue weighted by Gasteiger charge is -2.12. The van der Waals surface area contributed by atoms with Crippen LogP contribution >= 0.6 is 0 Å². The highest BCUT2D eigenvalue weighted by atomic mass is 16.4. The second-order valence-electron chi connectivity index (χ2n) is 3.54. The largest absolute Gasteiger partial charge is 0.480 e. The summed E-state index contributed by atoms with van der Waals surface area (Å²) in [4.78, 5) is 58.8. The Morgan fingerprint density at radius 3 is 2.42 bits per heavy atom. The van der Waals surface area contributed by atoms with Crippen LogP contribution in [0.25, 0.3) is 0 Å². The average Bonchev–Trinajstić information content (AvgIpc) is 2.25. The zero-order chi connectivity index (χ0) is 14.6. The Kier molecular flexibility index (Phi) is 4.19. The zero-order valence-electron chi connectivity index (χ0n) is 9.43. The summed E-state index contributed by atoms with van der Waals surface area (Å²) in [7, 11) is 0. The van der Waals surface area contributed by atoms with Gasteiger partial charge in [-0.05, 0) is 0 Å². The predicted octanol–water partition coefficient (Wildman–Crippen LogP) is -2.88. The van der Waals surface area contributed by atoms with E-state index in [2.05, 4.69) is 0 Å². The number of aromatic amines is 2. The monoisotopic (exact) mass is 270 g/mol. The Hall–Kier alpha value is -2.91. The second kappa shape index (κ2) is 5.62. The number of nitrogens with two attached hydrogens (primary N) is 1. The molecule has 0 spiro atoms. The highest BCUT2D eigenvalue weighted by Gasteiger charge is 2.23. The van der Waals surface area contributed by atoms with Gasteiger partial charge < -0.3 is 21.1 Å². The number of aliphatic carboxylic acids is 1. The third-order valence-electron chi connectivity index (χ3n) is 2.01. The minimum Gasteiger partial charge on any atom is -0.480 e. The summed E-state index contributed by atoms with van der Waals surface area (Å²) < 4.78 is 0. The van der Waals surface area contributed by atoms with Gasteiger partial charge in [0, 0.05) is 6.07 Å². The molecular weight excluding hydrogens is 260 g/mol. The highest BCUT2D eigenvalue weighted by molar-refractivity contribution is 5.96. The maximum Gasteiger partial charge on any atom is 0.326 e. The quantitative estimate of drug-likeness (QED) is 0.384. The maximum atomic E-state index is 11.6. The molecule has 10 nitrogen and oxygen atoms in total. The van der Waals surface area contributed by atoms with Gasteiger partial charge in [0.15, 0.2) is 0 Å². The van der Waals surface area contributed by atoms with E-state index in [4.69, 9.17) is 10.8 Å². The van der Waals surface area contributed by atoms with Crippen molar-refractivity contribution in [3.63, 3.8) is 0 Å². The van der Waals surface area contributed by atoms with E-state index in [0.717, 1.165) is 6.07 Å². The molecule has 2 amide bonds. The number of nitrogens with one attached hydrogen (secondary N) is 3. The van der Waals surface area contributed by atoms with Crippen molar-refractivity contribution < 1.29 is 19.5 Å². The Morgan fingerprint density at radius 2 is 1.95 bits per heavy atom. The fraction of sp³-hybridized carbons (Fsp3) is 0.222. The molecule has 0 aliphatic heterocycles. The van der Waals surface area contributed by atoms with Gasteiger partial charge in [0.2, 0.25) is 5.91 Å². The minimum atomic E-state index is -1.55. The lowest BCUT2D eigenvalue weighted by atomic mass is 10.2. The van der Waals surface area contributed by atoms with Crippen LogP contribution in [0, 0.1) is 0 Å². The van der Waals surface area contributed by atoms with Crippen LogP contribution in [0.4, 0.5) is 0 Å². The zero-order valence-corrected chi connectivity index (χ0v) is 9.43. The number of carboxylic acids is 1. The number of amides is 2. The molecule has 0 aromatic carbocycles. The van der Waals surface area contributed by atoms with Crippen molar-refractivity contribution in [2.24, 2.45) is 5.73 Å². The van der Waals surface area contributed by atoms with Crippen LogP contribution in [-0.4, -0.2) is 38.9 Å². The third-order valence-corrected chi connectivity index (χ3v) is 2.01. The van der Waals surface area contributed by atoms with Crippen molar-refractivity contribution in [3.8, 4) is 0 Å². The van der Waals surface area contributed by atoms with Crippen LogP contribution in [0.1, 0.15) is 16.9 Å². The molecule has 0 aliphatic rings. The molecule has 1 rings (SSSR count). The first-order valence-electron chi connectivity index (χ1n) is 4.95. The van der Waals surface area contributed by atoms with Gasteiger partial charge in [-0.15, -0.1) is 0 Å². The smallest absolute Gasteiger partial charge is 0.326 e. The van der Waals surface area contributed by atoms with Crippen molar-refractivity contribution in [3.05, 3.63) is 32.6 Å². The number of H-pyrrole nitrogens is 2. The first-order chi connectivity index (χ1) is 8.79. The fourth-order valence-corrected chi connectivity index (χ4v) is 1.23. The van der Waals surface area contributed by atoms with E-state index in [1.807, 2.05) is 15.3 Å². The van der Waals surface area contributed by atoms with Crippen LogP contribution in [0.5, 0.6) is 0 Å². The molecule has 0 aliphatic carbocycles. The summed E-state index contributed by atoms with van der Waals surface area (Å²) in [6, 6.07) is -0.771. The van der Waals surface area contributed by atoms with Crippen LogP contribution in [0.15, 0.2) is 15.7 Å². The maximum absolute atomic E-state index is 11.6. The van der Waals surface area contributed by atoms with E-state index in [0.29, 0.717) is 0 Å². The van der Waals surface area contributed by atoms with Gasteiger partial charge in [0.05, 0.1) is 6.42 Å². The van der Waals surface area contributed by atoms with Crippen LogP contribution in [-0.2, 0) is 9.59 Å². The number of hydrogen-bond acceptors (Lipinski definition) is 5. The van der Waals surface area contributed by atoms with Crippen LogP contribution in [0.2, 0.25) is 0 Å². The number of carbonyl (C=O) groups excluding carboxylic acids is 2. The van der Waals surface area contributed by atoms with Crippen molar-refractivity contribution in [1.82, 2.24) is 15.3 Å². The van der Waals surface area contributed by atoms with E-state index >= 15 is 0 Å². The van der Waals surface area contributed by atoms with Crippen LogP contribution in [0.3, 0.4) is 0 Å². The molecular formula is C9H10N4O6. The summed E-state index contributed by atoms with van der Waals surface area (Å²) in [5.74, 6) is -3.41. The molecule has 0 saturated carbocycles. The van der Waals surface area contributed by atoms with Gasteiger partial charge >= 0.3 is 11.7 Å². The molecule has 19 heavy (non-hydrogen) atoms. The summed E-state index contributed by atoms with van der Waals surface area (Å²) in [5.41, 5.74) is 2.66. The summed E-state index contributed by atoms with van der Waals surface area (Å²) >= 11 is 0. The highest BCUT2D eigenvalue weighted by Crippen LogP contribution is 1.95. The minimum absolute atomic E-state index is 0.426. The number of hydrogen-bond donors (Lipinski definition) is 5. The fourth-order valence-electron chi connectivity index (χ4n) is 1.23. The van der Waals surface area contributed by atoms with E-state index in [1.165, 1.54) is 0 Å². The van der Waals surface area contributed by atoms with E-state index in [1.54, 1.807) is 0 Å². The number of carboxylic acid groups (broad SMARTS) is 1. The normalized spacial score (nSPS) is 11.6. The molecule has 1 unspecified atom stereocenters. The van der Waals surface area contributed by atoms with E-state index in [9.17, 15) is 24.0 Å². The van der Waals surface area contributed by atoms with Gasteiger partial charge in [0.1, 0.15) is 11.7 Å². The molecule has 1 aromatic rings. The molecule has 1 aromatic heterocycles. The number of rotatable bonds is 5.